The van der Waals surface area contributed by atoms with Gasteiger partial charge in [0, 0.05) is 18.2 Å². The standard InChI is InChI=1S/C19H25N3O/c1-14-6-7-18-20-17(10-19(23)22(18)11-14)13-21-9-8-15-4-2-3-5-16(15)12-21/h6-7,10-11,15-16H,2-5,8-9,12-13H2,1H3/p+1/t15-,16-/m1/s1. The van der Waals surface area contributed by atoms with Crippen molar-refractivity contribution in [1.82, 2.24) is 9.38 Å². The summed E-state index contributed by atoms with van der Waals surface area (Å²) in [6.45, 7) is 5.39. The van der Waals surface area contributed by atoms with Gasteiger partial charge in [-0.25, -0.2) is 4.98 Å². The van der Waals surface area contributed by atoms with Crippen LogP contribution in [0.4, 0.5) is 0 Å². The highest BCUT2D eigenvalue weighted by Crippen LogP contribution is 2.32. The number of likely N-dealkylation sites (tertiary alicyclic amines) is 1. The summed E-state index contributed by atoms with van der Waals surface area (Å²) in [6.07, 6.45) is 8.90. The molecule has 1 aliphatic heterocycles. The van der Waals surface area contributed by atoms with E-state index < -0.39 is 0 Å². The molecule has 3 atom stereocenters. The Morgan fingerprint density at radius 2 is 2.04 bits per heavy atom. The first-order chi connectivity index (χ1) is 11.2. The zero-order chi connectivity index (χ0) is 15.8. The van der Waals surface area contributed by atoms with Crippen molar-refractivity contribution in [3.63, 3.8) is 0 Å². The van der Waals surface area contributed by atoms with Gasteiger partial charge in [-0.3, -0.25) is 9.20 Å². The zero-order valence-corrected chi connectivity index (χ0v) is 13.9. The van der Waals surface area contributed by atoms with E-state index in [0.29, 0.717) is 0 Å². The highest BCUT2D eigenvalue weighted by Gasteiger charge is 2.33. The molecule has 1 aliphatic carbocycles. The third-order valence-corrected chi connectivity index (χ3v) is 5.78. The fourth-order valence-electron chi connectivity index (χ4n) is 4.56. The minimum Gasteiger partial charge on any atom is -0.330 e. The Labute approximate surface area is 137 Å². The van der Waals surface area contributed by atoms with Crippen LogP contribution >= 0.6 is 0 Å². The summed E-state index contributed by atoms with van der Waals surface area (Å²) in [5.41, 5.74) is 2.84. The summed E-state index contributed by atoms with van der Waals surface area (Å²) in [4.78, 5) is 18.7. The number of aromatic nitrogens is 2. The number of aryl methyl sites for hydroxylation is 1. The predicted molar refractivity (Wildman–Crippen MR) is 90.7 cm³/mol. The van der Waals surface area contributed by atoms with Gasteiger partial charge in [-0.1, -0.05) is 18.9 Å². The van der Waals surface area contributed by atoms with Gasteiger partial charge in [-0.05, 0) is 43.7 Å². The van der Waals surface area contributed by atoms with Crippen molar-refractivity contribution in [1.29, 1.82) is 0 Å². The van der Waals surface area contributed by atoms with Crippen molar-refractivity contribution >= 4 is 5.65 Å². The largest absolute Gasteiger partial charge is 0.330 e. The number of pyridine rings is 1. The molecule has 4 rings (SSSR count). The molecule has 0 radical (unpaired) electrons. The fourth-order valence-corrected chi connectivity index (χ4v) is 4.56. The SMILES string of the molecule is Cc1ccc2nc(C[NH+]3CC[C@H]4CCCC[C@@H]4C3)cc(=O)n2c1. The highest BCUT2D eigenvalue weighted by atomic mass is 16.1. The molecule has 2 aromatic rings. The lowest BCUT2D eigenvalue weighted by Crippen LogP contribution is -3.12. The Kier molecular flexibility index (Phi) is 3.93. The maximum atomic E-state index is 12.3. The van der Waals surface area contributed by atoms with Gasteiger partial charge >= 0.3 is 0 Å². The summed E-state index contributed by atoms with van der Waals surface area (Å²) < 4.78 is 1.65. The van der Waals surface area contributed by atoms with Crippen LogP contribution in [-0.4, -0.2) is 22.5 Å². The van der Waals surface area contributed by atoms with E-state index in [1.165, 1.54) is 45.2 Å². The number of quaternary nitrogens is 1. The minimum absolute atomic E-state index is 0.0423. The molecule has 0 bridgehead atoms. The first-order valence-corrected chi connectivity index (χ1v) is 9.01. The Morgan fingerprint density at radius 1 is 1.22 bits per heavy atom. The van der Waals surface area contributed by atoms with Gasteiger partial charge in [-0.15, -0.1) is 0 Å². The lowest BCUT2D eigenvalue weighted by Gasteiger charge is -2.38. The first-order valence-electron chi connectivity index (χ1n) is 9.01. The van der Waals surface area contributed by atoms with Gasteiger partial charge in [0.2, 0.25) is 0 Å². The van der Waals surface area contributed by atoms with Gasteiger partial charge in [0.1, 0.15) is 17.9 Å². The van der Waals surface area contributed by atoms with Crippen LogP contribution in [0.3, 0.4) is 0 Å². The Balaban J connectivity index is 1.53. The second kappa shape index (κ2) is 6.08. The second-order valence-corrected chi connectivity index (χ2v) is 7.49. The van der Waals surface area contributed by atoms with E-state index in [-0.39, 0.29) is 5.56 Å². The third-order valence-electron chi connectivity index (χ3n) is 5.78. The van der Waals surface area contributed by atoms with Crippen LogP contribution in [0, 0.1) is 18.8 Å². The summed E-state index contributed by atoms with van der Waals surface area (Å²) in [5.74, 6) is 1.86. The van der Waals surface area contributed by atoms with Crippen molar-refractivity contribution in [2.24, 2.45) is 11.8 Å². The van der Waals surface area contributed by atoms with Crippen LogP contribution in [0.2, 0.25) is 0 Å². The smallest absolute Gasteiger partial charge is 0.258 e. The van der Waals surface area contributed by atoms with Crippen molar-refractivity contribution in [3.05, 3.63) is 46.0 Å². The molecule has 23 heavy (non-hydrogen) atoms. The Bertz CT molecular complexity index is 767. The van der Waals surface area contributed by atoms with Crippen molar-refractivity contribution in [2.45, 2.75) is 45.6 Å². The van der Waals surface area contributed by atoms with E-state index in [1.807, 2.05) is 25.3 Å². The fraction of sp³-hybridized carbons (Fsp3) is 0.579. The van der Waals surface area contributed by atoms with Crippen LogP contribution in [0.1, 0.15) is 43.4 Å². The van der Waals surface area contributed by atoms with E-state index in [9.17, 15) is 4.79 Å². The molecule has 3 heterocycles. The lowest BCUT2D eigenvalue weighted by atomic mass is 9.75. The van der Waals surface area contributed by atoms with Crippen molar-refractivity contribution < 1.29 is 4.90 Å². The first kappa shape index (κ1) is 14.9. The normalized spacial score (nSPS) is 27.8. The molecule has 1 N–H and O–H groups in total. The molecular formula is C19H26N3O+. The third kappa shape index (κ3) is 3.05. The quantitative estimate of drug-likeness (QED) is 0.915. The van der Waals surface area contributed by atoms with Gasteiger partial charge < -0.3 is 4.90 Å². The van der Waals surface area contributed by atoms with Crippen LogP contribution in [-0.2, 0) is 6.54 Å². The zero-order valence-electron chi connectivity index (χ0n) is 13.9. The molecular weight excluding hydrogens is 286 g/mol. The molecule has 1 saturated carbocycles. The number of nitrogens with zero attached hydrogens (tertiary/aromatic N) is 2. The van der Waals surface area contributed by atoms with Crippen molar-refractivity contribution in [3.8, 4) is 0 Å². The van der Waals surface area contributed by atoms with Crippen LogP contribution in [0.5, 0.6) is 0 Å². The molecule has 2 aromatic heterocycles. The summed E-state index contributed by atoms with van der Waals surface area (Å²) in [5, 5.41) is 0. The van der Waals surface area contributed by atoms with Gasteiger partial charge in [0.25, 0.3) is 5.56 Å². The summed E-state index contributed by atoms with van der Waals surface area (Å²) >= 11 is 0. The lowest BCUT2D eigenvalue weighted by molar-refractivity contribution is -0.924. The predicted octanol–water partition coefficient (Wildman–Crippen LogP) is 1.60. The molecule has 122 valence electrons. The molecule has 4 nitrogen and oxygen atoms in total. The molecule has 1 saturated heterocycles. The van der Waals surface area contributed by atoms with E-state index in [4.69, 9.17) is 4.98 Å². The van der Waals surface area contributed by atoms with Crippen LogP contribution < -0.4 is 10.5 Å². The number of hydrogen-bond acceptors (Lipinski definition) is 2. The highest BCUT2D eigenvalue weighted by molar-refractivity contribution is 5.39. The summed E-state index contributed by atoms with van der Waals surface area (Å²) in [6, 6.07) is 5.70. The van der Waals surface area contributed by atoms with Gasteiger partial charge in [0.05, 0.1) is 13.1 Å². The van der Waals surface area contributed by atoms with Crippen molar-refractivity contribution in [2.75, 3.05) is 13.1 Å². The molecule has 1 unspecified atom stereocenters. The van der Waals surface area contributed by atoms with E-state index in [2.05, 4.69) is 0 Å². The number of piperidine rings is 1. The molecule has 0 spiro atoms. The number of fused-ring (bicyclic) bond motifs is 2. The Morgan fingerprint density at radius 3 is 2.91 bits per heavy atom. The van der Waals surface area contributed by atoms with Gasteiger partial charge in [-0.2, -0.15) is 0 Å². The monoisotopic (exact) mass is 312 g/mol. The topological polar surface area (TPSA) is 38.8 Å². The maximum Gasteiger partial charge on any atom is 0.258 e. The van der Waals surface area contributed by atoms with E-state index >= 15 is 0 Å². The molecule has 0 amide bonds. The average Bonchev–Trinajstić information content (AvgIpc) is 2.55. The van der Waals surface area contributed by atoms with Crippen LogP contribution in [0.15, 0.2) is 29.2 Å². The van der Waals surface area contributed by atoms with E-state index in [1.54, 1.807) is 15.4 Å². The number of nitrogens with one attached hydrogen (secondary N) is 1. The molecule has 2 aliphatic rings. The summed E-state index contributed by atoms with van der Waals surface area (Å²) in [7, 11) is 0. The molecule has 4 heteroatoms. The Hall–Kier alpha value is -1.68. The van der Waals surface area contributed by atoms with Crippen LogP contribution in [0.25, 0.3) is 5.65 Å². The van der Waals surface area contributed by atoms with Gasteiger partial charge in [0.15, 0.2) is 0 Å². The van der Waals surface area contributed by atoms with E-state index in [0.717, 1.165) is 35.3 Å². The number of hydrogen-bond donors (Lipinski definition) is 1. The minimum atomic E-state index is 0.0423. The molecule has 0 aromatic carbocycles. The number of rotatable bonds is 2. The average molecular weight is 312 g/mol. The molecule has 2 fully saturated rings. The second-order valence-electron chi connectivity index (χ2n) is 7.49. The maximum absolute atomic E-state index is 12.3.